The van der Waals surface area contributed by atoms with Gasteiger partial charge in [-0.2, -0.15) is 0 Å². The number of hydrogen-bond acceptors (Lipinski definition) is 3. The third-order valence-corrected chi connectivity index (χ3v) is 5.84. The van der Waals surface area contributed by atoms with Gasteiger partial charge in [-0.1, -0.05) is 77.6 Å². The van der Waals surface area contributed by atoms with E-state index < -0.39 is 5.97 Å². The summed E-state index contributed by atoms with van der Waals surface area (Å²) in [5.41, 5.74) is 0. The van der Waals surface area contributed by atoms with E-state index in [0.717, 1.165) is 12.8 Å². The highest BCUT2D eigenvalue weighted by molar-refractivity contribution is 4.57. The van der Waals surface area contributed by atoms with E-state index in [0.29, 0.717) is 0 Å². The van der Waals surface area contributed by atoms with Crippen LogP contribution in [0.2, 0.25) is 0 Å². The molecule has 4 nitrogen and oxygen atoms in total. The van der Waals surface area contributed by atoms with Gasteiger partial charge < -0.3 is 31.9 Å². The second-order valence-electron chi connectivity index (χ2n) is 8.21. The van der Waals surface area contributed by atoms with Crippen LogP contribution in [0.15, 0.2) is 0 Å². The van der Waals surface area contributed by atoms with Crippen molar-refractivity contribution in [3.63, 3.8) is 0 Å². The normalized spacial score (nSPS) is 11.6. The lowest BCUT2D eigenvalue weighted by Crippen LogP contribution is -3.00. The Kier molecular flexibility index (Phi) is 26.3. The number of unbranched alkanes of at least 4 members (excludes halogenated alkanes) is 14. The Morgan fingerprint density at radius 2 is 0.862 bits per heavy atom. The fourth-order valence-corrected chi connectivity index (χ4v) is 3.81. The zero-order valence-electron chi connectivity index (χ0n) is 20.1. The van der Waals surface area contributed by atoms with E-state index >= 15 is 0 Å². The van der Waals surface area contributed by atoms with E-state index in [1.807, 2.05) is 0 Å². The summed E-state index contributed by atoms with van der Waals surface area (Å²) in [4.78, 5) is 0. The first-order valence-electron chi connectivity index (χ1n) is 12.2. The summed E-state index contributed by atoms with van der Waals surface area (Å²) >= 11 is 0. The van der Waals surface area contributed by atoms with Crippen LogP contribution in [0.25, 0.3) is 0 Å². The molecule has 0 radical (unpaired) electrons. The summed E-state index contributed by atoms with van der Waals surface area (Å²) < 4.78 is 16.0. The topological polar surface area (TPSA) is 44.3 Å². The monoisotopic (exact) mass is 437 g/mol. The molecule has 0 heterocycles. The van der Waals surface area contributed by atoms with Crippen LogP contribution < -0.4 is 17.7 Å². The maximum Gasteiger partial charge on any atom is 0.282 e. The van der Waals surface area contributed by atoms with Crippen LogP contribution in [0.5, 0.6) is 0 Å². The van der Waals surface area contributed by atoms with Crippen molar-refractivity contribution in [2.45, 2.75) is 122 Å². The minimum Gasteiger partial charge on any atom is -1.00 e. The number of halogens is 1. The first-order valence-corrected chi connectivity index (χ1v) is 12.2. The highest BCUT2D eigenvalue weighted by Crippen LogP contribution is 2.21. The van der Waals surface area contributed by atoms with E-state index in [1.165, 1.54) is 109 Å². The van der Waals surface area contributed by atoms with E-state index in [-0.39, 0.29) is 12.4 Å². The van der Waals surface area contributed by atoms with Crippen molar-refractivity contribution in [1.29, 1.82) is 0 Å². The van der Waals surface area contributed by atoms with E-state index in [4.69, 9.17) is 14.2 Å². The highest BCUT2D eigenvalue weighted by atomic mass is 35.5. The Morgan fingerprint density at radius 3 is 1.24 bits per heavy atom. The zero-order chi connectivity index (χ0) is 20.8. The van der Waals surface area contributed by atoms with Crippen LogP contribution in [0.4, 0.5) is 0 Å². The van der Waals surface area contributed by atoms with Crippen LogP contribution >= 0.6 is 0 Å². The maximum absolute atomic E-state index is 5.33. The number of methoxy groups -OCH3 is 3. The van der Waals surface area contributed by atoms with Gasteiger partial charge >= 0.3 is 0 Å². The second kappa shape index (κ2) is 24.4. The number of quaternary nitrogens is 1. The van der Waals surface area contributed by atoms with Crippen LogP contribution in [0.3, 0.4) is 0 Å². The summed E-state index contributed by atoms with van der Waals surface area (Å²) in [6, 6.07) is 0. The molecule has 0 amide bonds. The van der Waals surface area contributed by atoms with E-state index in [1.54, 1.807) is 21.3 Å². The lowest BCUT2D eigenvalue weighted by molar-refractivity contribution is -0.655. The SMILES string of the molecule is CCCCCCCC[NH2+]CCCCCCCCCCCCC(OC)(OC)OC.[Cl-]. The Balaban J connectivity index is 0. The lowest BCUT2D eigenvalue weighted by atomic mass is 10.1. The first kappa shape index (κ1) is 31.3. The molecular weight excluding hydrogens is 386 g/mol. The molecule has 178 valence electrons. The molecule has 0 unspecified atom stereocenters. The summed E-state index contributed by atoms with van der Waals surface area (Å²) in [7, 11) is 4.92. The highest BCUT2D eigenvalue weighted by Gasteiger charge is 2.28. The molecule has 0 aromatic carbocycles. The number of ether oxygens (including phenoxy) is 3. The lowest BCUT2D eigenvalue weighted by Gasteiger charge is -2.28. The van der Waals surface area contributed by atoms with Crippen molar-refractivity contribution in [3.8, 4) is 0 Å². The average Bonchev–Trinajstić information content (AvgIpc) is 2.73. The molecular formula is C24H52ClNO3. The molecule has 0 saturated heterocycles. The Labute approximate surface area is 188 Å². The van der Waals surface area contributed by atoms with Crippen LogP contribution in [-0.4, -0.2) is 40.4 Å². The van der Waals surface area contributed by atoms with Crippen molar-refractivity contribution >= 4 is 0 Å². The van der Waals surface area contributed by atoms with Crippen molar-refractivity contribution < 1.29 is 31.9 Å². The predicted octanol–water partition coefficient (Wildman–Crippen LogP) is 2.80. The molecule has 0 fully saturated rings. The number of hydrogen-bond donors (Lipinski definition) is 1. The maximum atomic E-state index is 5.33. The van der Waals surface area contributed by atoms with Gasteiger partial charge in [-0.05, 0) is 32.1 Å². The molecule has 0 aliphatic carbocycles. The van der Waals surface area contributed by atoms with Gasteiger partial charge in [0.1, 0.15) is 0 Å². The number of nitrogens with two attached hydrogens (primary N) is 1. The van der Waals surface area contributed by atoms with Crippen molar-refractivity contribution in [2.75, 3.05) is 34.4 Å². The van der Waals surface area contributed by atoms with Gasteiger partial charge in [0.25, 0.3) is 5.97 Å². The van der Waals surface area contributed by atoms with Crippen LogP contribution in [0.1, 0.15) is 116 Å². The fourth-order valence-electron chi connectivity index (χ4n) is 3.81. The van der Waals surface area contributed by atoms with Crippen molar-refractivity contribution in [1.82, 2.24) is 0 Å². The van der Waals surface area contributed by atoms with Crippen molar-refractivity contribution in [3.05, 3.63) is 0 Å². The second-order valence-corrected chi connectivity index (χ2v) is 8.21. The predicted molar refractivity (Wildman–Crippen MR) is 120 cm³/mol. The molecule has 0 bridgehead atoms. The Hall–Kier alpha value is 0.130. The van der Waals surface area contributed by atoms with E-state index in [9.17, 15) is 0 Å². The van der Waals surface area contributed by atoms with Gasteiger partial charge in [-0.3, -0.25) is 0 Å². The van der Waals surface area contributed by atoms with Crippen LogP contribution in [0, 0.1) is 0 Å². The zero-order valence-corrected chi connectivity index (χ0v) is 20.9. The fraction of sp³-hybridized carbons (Fsp3) is 1.00. The van der Waals surface area contributed by atoms with Gasteiger partial charge in [0, 0.05) is 27.8 Å². The molecule has 5 heteroatoms. The Bertz CT molecular complexity index is 294. The minimum atomic E-state index is -0.841. The number of rotatable bonds is 23. The van der Waals surface area contributed by atoms with Gasteiger partial charge in [0.15, 0.2) is 0 Å². The molecule has 0 saturated carbocycles. The standard InChI is InChI=1S/C24H51NO3.ClH/c1-5-6-7-8-16-19-22-25-23-20-17-14-12-10-9-11-13-15-18-21-24(26-2,27-3)28-4;/h25H,5-23H2,1-4H3;1H. The molecule has 0 aromatic rings. The first-order chi connectivity index (χ1) is 13.7. The molecule has 0 spiro atoms. The summed E-state index contributed by atoms with van der Waals surface area (Å²) in [6.07, 6.45) is 22.7. The molecule has 0 aliphatic rings. The van der Waals surface area contributed by atoms with Crippen molar-refractivity contribution in [2.24, 2.45) is 0 Å². The summed E-state index contributed by atoms with van der Waals surface area (Å²) in [5.74, 6) is -0.841. The molecule has 0 aromatic heterocycles. The smallest absolute Gasteiger partial charge is 0.282 e. The molecule has 2 N–H and O–H groups in total. The molecule has 29 heavy (non-hydrogen) atoms. The Morgan fingerprint density at radius 1 is 0.517 bits per heavy atom. The molecule has 0 atom stereocenters. The van der Waals surface area contributed by atoms with E-state index in [2.05, 4.69) is 12.2 Å². The minimum absolute atomic E-state index is 0. The van der Waals surface area contributed by atoms with Crippen LogP contribution in [-0.2, 0) is 14.2 Å². The van der Waals surface area contributed by atoms with Gasteiger partial charge in [0.05, 0.1) is 13.1 Å². The molecule has 0 aliphatic heterocycles. The summed E-state index contributed by atoms with van der Waals surface area (Å²) in [5, 5.41) is 2.53. The average molecular weight is 438 g/mol. The van der Waals surface area contributed by atoms with Gasteiger partial charge in [0.2, 0.25) is 0 Å². The van der Waals surface area contributed by atoms with Gasteiger partial charge in [-0.25, -0.2) is 0 Å². The third kappa shape index (κ3) is 19.8. The van der Waals surface area contributed by atoms with Gasteiger partial charge in [-0.15, -0.1) is 0 Å². The molecule has 0 rings (SSSR count). The quantitative estimate of drug-likeness (QED) is 0.197. The third-order valence-electron chi connectivity index (χ3n) is 5.84. The largest absolute Gasteiger partial charge is 1.00 e. The summed E-state index contributed by atoms with van der Waals surface area (Å²) in [6.45, 7) is 4.96.